The number of carbonyl (C=O) groups excluding carboxylic acids is 2. The van der Waals surface area contributed by atoms with E-state index in [1.54, 1.807) is 20.8 Å². The van der Waals surface area contributed by atoms with Crippen molar-refractivity contribution in [2.75, 3.05) is 66.4 Å². The SMILES string of the molecule is COc1cc2c(cc1OCCOCCOCCNC(=O)[C@@H]1COCCN1C(=O)OC(C)(C)C)CC(C(C)(C)C)n1cc(C(=O)O)c(=O)cc1-2. The number of pyridine rings is 1. The standard InChI is InChI=1S/C35H49N3O11/c1-34(2,3)30-17-22-16-29(28(44-7)18-23(22)25-19-27(39)24(32(41)42)20-38(25)30)48-15-14-46-13-12-45-10-8-36-31(40)26-21-47-11-9-37(26)33(43)49-35(4,5)6/h16,18-20,26,30H,8-15,17,21H2,1-7H3,(H,36,40)(H,41,42)/t26-,30?/m0/s1. The summed E-state index contributed by atoms with van der Waals surface area (Å²) in [5.74, 6) is -0.568. The third kappa shape index (κ3) is 9.73. The molecule has 1 saturated heterocycles. The molecule has 4 rings (SSSR count). The summed E-state index contributed by atoms with van der Waals surface area (Å²) in [7, 11) is 1.53. The summed E-state index contributed by atoms with van der Waals surface area (Å²) in [5, 5.41) is 12.3. The molecular weight excluding hydrogens is 638 g/mol. The lowest BCUT2D eigenvalue weighted by Crippen LogP contribution is -2.57. The molecule has 2 aromatic rings. The fraction of sp³-hybridized carbons (Fsp3) is 0.600. The lowest BCUT2D eigenvalue weighted by atomic mass is 9.78. The van der Waals surface area contributed by atoms with E-state index in [4.69, 9.17) is 28.4 Å². The van der Waals surface area contributed by atoms with Gasteiger partial charge >= 0.3 is 12.1 Å². The lowest BCUT2D eigenvalue weighted by molar-refractivity contribution is -0.132. The highest BCUT2D eigenvalue weighted by Crippen LogP contribution is 2.45. The van der Waals surface area contributed by atoms with Gasteiger partial charge in [0.15, 0.2) is 16.9 Å². The highest BCUT2D eigenvalue weighted by molar-refractivity contribution is 5.88. The van der Waals surface area contributed by atoms with Gasteiger partial charge in [0.25, 0.3) is 0 Å². The van der Waals surface area contributed by atoms with E-state index in [-0.39, 0.29) is 55.8 Å². The largest absolute Gasteiger partial charge is 0.493 e. The van der Waals surface area contributed by atoms with E-state index in [1.807, 2.05) is 16.7 Å². The minimum atomic E-state index is -1.25. The van der Waals surface area contributed by atoms with Gasteiger partial charge < -0.3 is 43.4 Å². The zero-order valence-corrected chi connectivity index (χ0v) is 29.5. The molecule has 49 heavy (non-hydrogen) atoms. The van der Waals surface area contributed by atoms with Gasteiger partial charge in [-0.1, -0.05) is 20.8 Å². The predicted octanol–water partition coefficient (Wildman–Crippen LogP) is 3.53. The Morgan fingerprint density at radius 1 is 0.980 bits per heavy atom. The molecule has 270 valence electrons. The number of benzene rings is 1. The first-order chi connectivity index (χ1) is 23.1. The van der Waals surface area contributed by atoms with Crippen molar-refractivity contribution in [1.82, 2.24) is 14.8 Å². The highest BCUT2D eigenvalue weighted by atomic mass is 16.6. The van der Waals surface area contributed by atoms with Crippen LogP contribution in [0.2, 0.25) is 0 Å². The number of aromatic nitrogens is 1. The molecule has 2 atom stereocenters. The number of morpholine rings is 1. The number of carboxylic acid groups (broad SMARTS) is 1. The minimum absolute atomic E-state index is 0.0974. The number of methoxy groups -OCH3 is 1. The third-order valence-corrected chi connectivity index (χ3v) is 8.19. The van der Waals surface area contributed by atoms with E-state index in [1.165, 1.54) is 24.3 Å². The molecule has 0 aliphatic carbocycles. The summed E-state index contributed by atoms with van der Waals surface area (Å²) in [4.78, 5) is 51.0. The van der Waals surface area contributed by atoms with Crippen LogP contribution in [-0.4, -0.2) is 111 Å². The van der Waals surface area contributed by atoms with Crippen molar-refractivity contribution in [2.24, 2.45) is 5.41 Å². The van der Waals surface area contributed by atoms with Crippen molar-refractivity contribution < 1.29 is 47.9 Å². The number of carbonyl (C=O) groups is 3. The van der Waals surface area contributed by atoms with Crippen LogP contribution >= 0.6 is 0 Å². The summed E-state index contributed by atoms with van der Waals surface area (Å²) in [6.45, 7) is 14.0. The second-order valence-electron chi connectivity index (χ2n) is 14.0. The molecule has 1 aromatic carbocycles. The van der Waals surface area contributed by atoms with Crippen molar-refractivity contribution in [3.63, 3.8) is 0 Å². The number of amides is 2. The van der Waals surface area contributed by atoms with Crippen LogP contribution in [0.4, 0.5) is 4.79 Å². The first-order valence-electron chi connectivity index (χ1n) is 16.4. The second-order valence-corrected chi connectivity index (χ2v) is 14.0. The van der Waals surface area contributed by atoms with Crippen LogP contribution in [0.1, 0.15) is 63.5 Å². The van der Waals surface area contributed by atoms with Crippen LogP contribution in [0, 0.1) is 5.41 Å². The third-order valence-electron chi connectivity index (χ3n) is 8.19. The Balaban J connectivity index is 1.23. The maximum Gasteiger partial charge on any atom is 0.411 e. The molecule has 14 nitrogen and oxygen atoms in total. The van der Waals surface area contributed by atoms with E-state index < -0.39 is 29.1 Å². The average molecular weight is 688 g/mol. The van der Waals surface area contributed by atoms with E-state index in [0.29, 0.717) is 50.0 Å². The average Bonchev–Trinajstić information content (AvgIpc) is 3.03. The molecule has 3 heterocycles. The van der Waals surface area contributed by atoms with Gasteiger partial charge in [-0.15, -0.1) is 0 Å². The molecule has 2 N–H and O–H groups in total. The fourth-order valence-electron chi connectivity index (χ4n) is 5.75. The van der Waals surface area contributed by atoms with Crippen molar-refractivity contribution in [2.45, 2.75) is 65.6 Å². The Hall–Kier alpha value is -4.14. The Morgan fingerprint density at radius 2 is 1.67 bits per heavy atom. The van der Waals surface area contributed by atoms with Crippen LogP contribution in [0.5, 0.6) is 11.5 Å². The molecule has 2 aliphatic rings. The number of ether oxygens (including phenoxy) is 6. The molecule has 2 aliphatic heterocycles. The predicted molar refractivity (Wildman–Crippen MR) is 180 cm³/mol. The van der Waals surface area contributed by atoms with Gasteiger partial charge in [0, 0.05) is 37.0 Å². The fourth-order valence-corrected chi connectivity index (χ4v) is 5.75. The molecule has 1 fully saturated rings. The quantitative estimate of drug-likeness (QED) is 0.296. The Kier molecular flexibility index (Phi) is 12.3. The summed E-state index contributed by atoms with van der Waals surface area (Å²) in [6.07, 6.45) is 1.51. The highest BCUT2D eigenvalue weighted by Gasteiger charge is 2.36. The first kappa shape index (κ1) is 37.7. The molecule has 1 aromatic heterocycles. The number of hydrogen-bond donors (Lipinski definition) is 2. The first-order valence-corrected chi connectivity index (χ1v) is 16.4. The number of fused-ring (bicyclic) bond motifs is 3. The van der Waals surface area contributed by atoms with Crippen LogP contribution < -0.4 is 20.2 Å². The molecular formula is C35H49N3O11. The number of nitrogens with one attached hydrogen (secondary N) is 1. The van der Waals surface area contributed by atoms with Gasteiger partial charge in [0.2, 0.25) is 5.91 Å². The molecule has 0 spiro atoms. The zero-order chi connectivity index (χ0) is 35.9. The van der Waals surface area contributed by atoms with Gasteiger partial charge in [-0.25, -0.2) is 9.59 Å². The molecule has 1 unspecified atom stereocenters. The normalized spacial score (nSPS) is 17.5. The van der Waals surface area contributed by atoms with Crippen molar-refractivity contribution in [1.29, 1.82) is 0 Å². The molecule has 2 amide bonds. The Bertz CT molecular complexity index is 1560. The van der Waals surface area contributed by atoms with E-state index >= 15 is 0 Å². The summed E-state index contributed by atoms with van der Waals surface area (Å²) >= 11 is 0. The van der Waals surface area contributed by atoms with Crippen molar-refractivity contribution in [3.05, 3.63) is 45.7 Å². The number of carboxylic acids is 1. The zero-order valence-electron chi connectivity index (χ0n) is 29.5. The summed E-state index contributed by atoms with van der Waals surface area (Å²) in [6, 6.07) is 4.25. The van der Waals surface area contributed by atoms with Crippen molar-refractivity contribution in [3.8, 4) is 22.8 Å². The van der Waals surface area contributed by atoms with Crippen LogP contribution in [0.3, 0.4) is 0 Å². The summed E-state index contributed by atoms with van der Waals surface area (Å²) < 4.78 is 35.6. The summed E-state index contributed by atoms with van der Waals surface area (Å²) in [5.41, 5.74) is 0.679. The number of hydrogen-bond acceptors (Lipinski definition) is 10. The van der Waals surface area contributed by atoms with E-state index in [0.717, 1.165) is 11.1 Å². The monoisotopic (exact) mass is 687 g/mol. The van der Waals surface area contributed by atoms with Crippen LogP contribution in [-0.2, 0) is 30.2 Å². The second kappa shape index (κ2) is 16.0. The minimum Gasteiger partial charge on any atom is -0.493 e. The van der Waals surface area contributed by atoms with E-state index in [2.05, 4.69) is 26.1 Å². The number of rotatable bonds is 13. The van der Waals surface area contributed by atoms with Crippen LogP contribution in [0.15, 0.2) is 29.2 Å². The van der Waals surface area contributed by atoms with Gasteiger partial charge in [-0.05, 0) is 50.3 Å². The van der Waals surface area contributed by atoms with Gasteiger partial charge in [0.05, 0.1) is 52.4 Å². The topological polar surface area (TPSA) is 164 Å². The van der Waals surface area contributed by atoms with Gasteiger partial charge in [-0.3, -0.25) is 14.5 Å². The molecule has 0 saturated carbocycles. The lowest BCUT2D eigenvalue weighted by Gasteiger charge is -2.39. The Labute approximate surface area is 286 Å². The van der Waals surface area contributed by atoms with E-state index in [9.17, 15) is 24.3 Å². The molecule has 0 bridgehead atoms. The van der Waals surface area contributed by atoms with Gasteiger partial charge in [-0.2, -0.15) is 0 Å². The molecule has 0 radical (unpaired) electrons. The van der Waals surface area contributed by atoms with Crippen LogP contribution in [0.25, 0.3) is 11.3 Å². The van der Waals surface area contributed by atoms with Gasteiger partial charge in [0.1, 0.15) is 23.8 Å². The smallest absolute Gasteiger partial charge is 0.411 e. The number of nitrogens with zero attached hydrogens (tertiary/aromatic N) is 2. The maximum atomic E-state index is 12.7. The Morgan fingerprint density at radius 3 is 2.33 bits per heavy atom. The maximum absolute atomic E-state index is 12.7. The number of aromatic carboxylic acids is 1. The molecule has 14 heteroatoms. The van der Waals surface area contributed by atoms with Crippen molar-refractivity contribution >= 4 is 18.0 Å².